The number of oxazole rings is 1. The maximum atomic E-state index is 12.6. The summed E-state index contributed by atoms with van der Waals surface area (Å²) in [5, 5.41) is 3.27. The van der Waals surface area contributed by atoms with Crippen LogP contribution in [0.25, 0.3) is 16.8 Å². The summed E-state index contributed by atoms with van der Waals surface area (Å²) in [4.78, 5) is 12.6. The van der Waals surface area contributed by atoms with Crippen LogP contribution in [-0.4, -0.2) is 11.6 Å². The van der Waals surface area contributed by atoms with Crippen LogP contribution in [0, 0.1) is 13.8 Å². The molecule has 3 aromatic rings. The third-order valence-corrected chi connectivity index (χ3v) is 5.42. The minimum atomic E-state index is -0.324. The second kappa shape index (κ2) is 8.99. The quantitative estimate of drug-likeness (QED) is 0.524. The molecular formula is C25H30N2O2. The van der Waals surface area contributed by atoms with Gasteiger partial charge in [0, 0.05) is 12.7 Å². The van der Waals surface area contributed by atoms with E-state index in [0.717, 1.165) is 46.3 Å². The smallest absolute Gasteiger partial charge is 0.408 e. The van der Waals surface area contributed by atoms with Crippen LogP contribution in [0.1, 0.15) is 55.0 Å². The first-order valence-corrected chi connectivity index (χ1v) is 10.2. The molecule has 0 aliphatic carbocycles. The highest BCUT2D eigenvalue weighted by Gasteiger charge is 2.18. The van der Waals surface area contributed by atoms with Crippen LogP contribution in [0.3, 0.4) is 0 Å². The molecular weight excluding hydrogens is 360 g/mol. The van der Waals surface area contributed by atoms with Crippen LogP contribution in [0.2, 0.25) is 0 Å². The Labute approximate surface area is 172 Å². The van der Waals surface area contributed by atoms with Crippen molar-refractivity contribution in [1.29, 1.82) is 0 Å². The summed E-state index contributed by atoms with van der Waals surface area (Å²) >= 11 is 0. The van der Waals surface area contributed by atoms with Crippen molar-refractivity contribution in [3.8, 4) is 0 Å². The fourth-order valence-electron chi connectivity index (χ4n) is 3.52. The number of hydrogen-bond donors (Lipinski definition) is 1. The molecule has 29 heavy (non-hydrogen) atoms. The highest BCUT2D eigenvalue weighted by Crippen LogP contribution is 2.26. The van der Waals surface area contributed by atoms with Crippen molar-refractivity contribution in [3.05, 3.63) is 87.4 Å². The van der Waals surface area contributed by atoms with Crippen molar-refractivity contribution >= 4 is 16.8 Å². The van der Waals surface area contributed by atoms with Crippen molar-refractivity contribution in [2.45, 2.75) is 46.6 Å². The number of rotatable bonds is 7. The zero-order valence-corrected chi connectivity index (χ0v) is 18.0. The lowest BCUT2D eigenvalue weighted by atomic mass is 10.0. The Morgan fingerprint density at radius 3 is 2.69 bits per heavy atom. The molecule has 0 saturated heterocycles. The van der Waals surface area contributed by atoms with Crippen LogP contribution < -0.4 is 11.1 Å². The molecule has 0 spiro atoms. The first-order valence-electron chi connectivity index (χ1n) is 10.2. The predicted octanol–water partition coefficient (Wildman–Crippen LogP) is 5.74. The minimum absolute atomic E-state index is 0.139. The Morgan fingerprint density at radius 1 is 1.21 bits per heavy atom. The van der Waals surface area contributed by atoms with Crippen LogP contribution in [0.4, 0.5) is 0 Å². The van der Waals surface area contributed by atoms with Crippen molar-refractivity contribution in [2.24, 2.45) is 0 Å². The first-order chi connectivity index (χ1) is 14.0. The predicted molar refractivity (Wildman–Crippen MR) is 121 cm³/mol. The Hall–Kier alpha value is -3.01. The van der Waals surface area contributed by atoms with Gasteiger partial charge < -0.3 is 9.73 Å². The lowest BCUT2D eigenvalue weighted by Crippen LogP contribution is -2.19. The van der Waals surface area contributed by atoms with E-state index in [4.69, 9.17) is 4.42 Å². The maximum Gasteiger partial charge on any atom is 0.420 e. The summed E-state index contributed by atoms with van der Waals surface area (Å²) in [6.07, 6.45) is 8.56. The lowest BCUT2D eigenvalue weighted by molar-refractivity contribution is 0.490. The molecule has 0 amide bonds. The molecule has 3 rings (SSSR count). The van der Waals surface area contributed by atoms with Crippen molar-refractivity contribution in [3.63, 3.8) is 0 Å². The molecule has 0 saturated carbocycles. The second-order valence-corrected chi connectivity index (χ2v) is 7.49. The standard InChI is InChI=1S/C25H30N2O2/c1-6-7-8-9-13-22(26-5)21-12-10-11-20(16-21)19(4)27-23-14-17(2)18(3)15-24(23)29-25(27)28/h8-16,19,26H,6-7H2,1-5H3/b9-8-,22-13-/t19-/m1/s1. The van der Waals surface area contributed by atoms with Crippen molar-refractivity contribution in [2.75, 3.05) is 7.05 Å². The van der Waals surface area contributed by atoms with Gasteiger partial charge in [-0.1, -0.05) is 43.7 Å². The van der Waals surface area contributed by atoms with Crippen LogP contribution >= 0.6 is 0 Å². The summed E-state index contributed by atoms with van der Waals surface area (Å²) in [6, 6.07) is 12.1. The number of nitrogens with one attached hydrogen (secondary N) is 1. The van der Waals surface area contributed by atoms with Crippen molar-refractivity contribution < 1.29 is 4.42 Å². The summed E-state index contributed by atoms with van der Waals surface area (Å²) < 4.78 is 7.27. The Balaban J connectivity index is 2.01. The molecule has 2 aromatic carbocycles. The normalized spacial score (nSPS) is 13.3. The SMILES string of the molecule is CCC/C=C\C=C(/NC)c1cccc([C@@H](C)n2c(=O)oc3cc(C)c(C)cc32)c1. The summed E-state index contributed by atoms with van der Waals surface area (Å²) in [5.74, 6) is -0.324. The minimum Gasteiger partial charge on any atom is -0.408 e. The first kappa shape index (κ1) is 20.7. The zero-order valence-electron chi connectivity index (χ0n) is 18.0. The Kier molecular flexibility index (Phi) is 6.42. The Bertz CT molecular complexity index is 1120. The number of fused-ring (bicyclic) bond motifs is 1. The number of aryl methyl sites for hydroxylation is 2. The van der Waals surface area contributed by atoms with Gasteiger partial charge in [-0.2, -0.15) is 0 Å². The van der Waals surface area contributed by atoms with Gasteiger partial charge in [0.05, 0.1) is 11.6 Å². The second-order valence-electron chi connectivity index (χ2n) is 7.49. The molecule has 0 fully saturated rings. The number of hydrogen-bond acceptors (Lipinski definition) is 3. The monoisotopic (exact) mass is 390 g/mol. The average Bonchev–Trinajstić information content (AvgIpc) is 3.02. The Morgan fingerprint density at radius 2 is 1.97 bits per heavy atom. The molecule has 4 heteroatoms. The molecule has 0 radical (unpaired) electrons. The van der Waals surface area contributed by atoms with Gasteiger partial charge in [-0.3, -0.25) is 4.57 Å². The van der Waals surface area contributed by atoms with Gasteiger partial charge in [0.1, 0.15) is 0 Å². The number of unbranched alkanes of at least 4 members (excludes halogenated alkanes) is 1. The van der Waals surface area contributed by atoms with E-state index in [1.165, 1.54) is 0 Å². The molecule has 1 aromatic heterocycles. The molecule has 0 aliphatic heterocycles. The zero-order chi connectivity index (χ0) is 21.0. The molecule has 1 atom stereocenters. The van der Waals surface area contributed by atoms with Crippen LogP contribution in [0.5, 0.6) is 0 Å². The van der Waals surface area contributed by atoms with E-state index < -0.39 is 0 Å². The molecule has 0 aliphatic rings. The van der Waals surface area contributed by atoms with E-state index in [1.807, 2.05) is 39.1 Å². The maximum absolute atomic E-state index is 12.6. The fourth-order valence-corrected chi connectivity index (χ4v) is 3.52. The highest BCUT2D eigenvalue weighted by molar-refractivity contribution is 5.75. The van der Waals surface area contributed by atoms with Gasteiger partial charge in [-0.05, 0) is 73.7 Å². The number of aromatic nitrogens is 1. The van der Waals surface area contributed by atoms with Gasteiger partial charge in [-0.15, -0.1) is 0 Å². The van der Waals surface area contributed by atoms with E-state index in [0.29, 0.717) is 5.58 Å². The van der Waals surface area contributed by atoms with Crippen LogP contribution in [0.15, 0.2) is 63.8 Å². The van der Waals surface area contributed by atoms with E-state index >= 15 is 0 Å². The fraction of sp³-hybridized carbons (Fsp3) is 0.320. The average molecular weight is 391 g/mol. The van der Waals surface area contributed by atoms with Gasteiger partial charge in [0.15, 0.2) is 5.58 Å². The highest BCUT2D eigenvalue weighted by atomic mass is 16.4. The summed E-state index contributed by atoms with van der Waals surface area (Å²) in [6.45, 7) is 8.29. The lowest BCUT2D eigenvalue weighted by Gasteiger charge is -2.16. The molecule has 1 N–H and O–H groups in total. The summed E-state index contributed by atoms with van der Waals surface area (Å²) in [5.41, 5.74) is 6.93. The van der Waals surface area contributed by atoms with Crippen LogP contribution in [-0.2, 0) is 0 Å². The van der Waals surface area contributed by atoms with E-state index in [2.05, 4.69) is 55.6 Å². The topological polar surface area (TPSA) is 47.2 Å². The van der Waals surface area contributed by atoms with E-state index in [-0.39, 0.29) is 11.8 Å². The van der Waals surface area contributed by atoms with Gasteiger partial charge in [-0.25, -0.2) is 4.79 Å². The molecule has 1 heterocycles. The largest absolute Gasteiger partial charge is 0.420 e. The molecule has 0 bridgehead atoms. The molecule has 152 valence electrons. The van der Waals surface area contributed by atoms with Gasteiger partial charge in [0.25, 0.3) is 0 Å². The van der Waals surface area contributed by atoms with Gasteiger partial charge >= 0.3 is 5.76 Å². The van der Waals surface area contributed by atoms with Crippen molar-refractivity contribution in [1.82, 2.24) is 9.88 Å². The third-order valence-electron chi connectivity index (χ3n) is 5.42. The third kappa shape index (κ3) is 4.37. The number of allylic oxidation sites excluding steroid dienone is 3. The molecule has 0 unspecified atom stereocenters. The van der Waals surface area contributed by atoms with E-state index in [1.54, 1.807) is 4.57 Å². The van der Waals surface area contributed by atoms with E-state index in [9.17, 15) is 4.79 Å². The summed E-state index contributed by atoms with van der Waals surface area (Å²) in [7, 11) is 1.93. The molecule has 4 nitrogen and oxygen atoms in total. The van der Waals surface area contributed by atoms with Gasteiger partial charge in [0.2, 0.25) is 0 Å². The number of nitrogens with zero attached hydrogens (tertiary/aromatic N) is 1. The number of benzene rings is 2.